The van der Waals surface area contributed by atoms with Gasteiger partial charge in [0.2, 0.25) is 0 Å². The van der Waals surface area contributed by atoms with Gasteiger partial charge in [-0.15, -0.1) is 0 Å². The minimum Gasteiger partial charge on any atom is -0.444 e. The normalized spacial score (nSPS) is 14.8. The highest BCUT2D eigenvalue weighted by molar-refractivity contribution is 9.10. The monoisotopic (exact) mass is 581 g/mol. The summed E-state index contributed by atoms with van der Waals surface area (Å²) in [6.45, 7) is 12.0. The molecule has 1 aromatic heterocycles. The molecular formula is C29H36BrN5O3. The van der Waals surface area contributed by atoms with Crippen LogP contribution in [0.15, 0.2) is 53.3 Å². The van der Waals surface area contributed by atoms with Crippen LogP contribution in [-0.4, -0.2) is 58.5 Å². The van der Waals surface area contributed by atoms with Gasteiger partial charge >= 0.3 is 6.09 Å². The number of carbonyl (C=O) groups excluding carboxylic acids is 2. The smallest absolute Gasteiger partial charge is 0.410 e. The van der Waals surface area contributed by atoms with Crippen LogP contribution in [0.2, 0.25) is 0 Å². The Morgan fingerprint density at radius 2 is 1.76 bits per heavy atom. The number of anilines is 1. The molecule has 1 aliphatic rings. The Morgan fingerprint density at radius 1 is 1.05 bits per heavy atom. The van der Waals surface area contributed by atoms with Gasteiger partial charge in [0, 0.05) is 60.7 Å². The topological polar surface area (TPSA) is 79.7 Å². The SMILES string of the molecule is Cc1ccc(N2CCN(C(=O)OC(C)(C)C)CC2)cc1C(=O)N[C@H](C)c1cc(Br)cc(-c2cnn(C)c2)c1. The van der Waals surface area contributed by atoms with Crippen molar-refractivity contribution in [3.8, 4) is 11.1 Å². The standard InChI is InChI=1S/C29H36BrN5O3/c1-19-7-8-25(34-9-11-35(12-10-34)28(37)38-29(3,4)5)16-26(19)27(36)32-20(2)21-13-22(15-24(30)14-21)23-17-31-33(6)18-23/h7-8,13-18,20H,9-12H2,1-6H3,(H,32,36)/t20-/m1/s1. The Hall–Kier alpha value is -3.33. The van der Waals surface area contributed by atoms with Crippen LogP contribution in [0.5, 0.6) is 0 Å². The summed E-state index contributed by atoms with van der Waals surface area (Å²) >= 11 is 3.61. The summed E-state index contributed by atoms with van der Waals surface area (Å²) in [5, 5.41) is 7.44. The lowest BCUT2D eigenvalue weighted by Gasteiger charge is -2.37. The van der Waals surface area contributed by atoms with Crippen LogP contribution in [0.1, 0.15) is 55.2 Å². The second-order valence-electron chi connectivity index (χ2n) is 10.8. The molecule has 202 valence electrons. The summed E-state index contributed by atoms with van der Waals surface area (Å²) in [5.41, 5.74) is 5.07. The van der Waals surface area contributed by atoms with Gasteiger partial charge in [0.05, 0.1) is 12.2 Å². The zero-order chi connectivity index (χ0) is 27.6. The highest BCUT2D eigenvalue weighted by Crippen LogP contribution is 2.28. The number of nitrogens with zero attached hydrogens (tertiary/aromatic N) is 4. The molecule has 2 aromatic carbocycles. The van der Waals surface area contributed by atoms with E-state index in [1.807, 2.05) is 84.4 Å². The van der Waals surface area contributed by atoms with Gasteiger partial charge in [0.25, 0.3) is 5.91 Å². The number of rotatable bonds is 5. The number of halogens is 1. The number of carbonyl (C=O) groups is 2. The molecule has 1 saturated heterocycles. The lowest BCUT2D eigenvalue weighted by molar-refractivity contribution is 0.0240. The molecule has 38 heavy (non-hydrogen) atoms. The Kier molecular flexibility index (Phi) is 8.16. The molecule has 0 aliphatic carbocycles. The van der Waals surface area contributed by atoms with Crippen LogP contribution in [0.25, 0.3) is 11.1 Å². The highest BCUT2D eigenvalue weighted by atomic mass is 79.9. The molecular weight excluding hydrogens is 546 g/mol. The molecule has 0 radical (unpaired) electrons. The van der Waals surface area contributed by atoms with Gasteiger partial charge < -0.3 is 19.9 Å². The van der Waals surface area contributed by atoms with Crippen molar-refractivity contribution in [2.75, 3.05) is 31.1 Å². The second kappa shape index (κ2) is 11.2. The third kappa shape index (κ3) is 6.75. The number of hydrogen-bond acceptors (Lipinski definition) is 5. The summed E-state index contributed by atoms with van der Waals surface area (Å²) < 4.78 is 8.22. The summed E-state index contributed by atoms with van der Waals surface area (Å²) in [5.74, 6) is -0.118. The van der Waals surface area contributed by atoms with Gasteiger partial charge in [-0.25, -0.2) is 4.79 Å². The maximum atomic E-state index is 13.4. The molecule has 1 atom stereocenters. The van der Waals surface area contributed by atoms with Gasteiger partial charge in [0.1, 0.15) is 5.60 Å². The first-order chi connectivity index (χ1) is 17.9. The van der Waals surface area contributed by atoms with Crippen LogP contribution < -0.4 is 10.2 Å². The zero-order valence-corrected chi connectivity index (χ0v) is 24.5. The number of ether oxygens (including phenoxy) is 1. The van der Waals surface area contributed by atoms with Crippen molar-refractivity contribution in [2.45, 2.75) is 46.3 Å². The molecule has 0 saturated carbocycles. The Balaban J connectivity index is 1.44. The number of aryl methyl sites for hydroxylation is 2. The van der Waals surface area contributed by atoms with Gasteiger partial charge in [-0.3, -0.25) is 9.48 Å². The molecule has 0 spiro atoms. The summed E-state index contributed by atoms with van der Waals surface area (Å²) in [6.07, 6.45) is 3.52. The van der Waals surface area contributed by atoms with Crippen LogP contribution in [0, 0.1) is 6.92 Å². The molecule has 1 fully saturated rings. The first kappa shape index (κ1) is 27.7. The van der Waals surface area contributed by atoms with Crippen LogP contribution in [0.3, 0.4) is 0 Å². The lowest BCUT2D eigenvalue weighted by atomic mass is 10.0. The Bertz CT molecular complexity index is 1320. The van der Waals surface area contributed by atoms with E-state index in [0.29, 0.717) is 31.7 Å². The van der Waals surface area contributed by atoms with Crippen molar-refractivity contribution in [1.29, 1.82) is 0 Å². The number of hydrogen-bond donors (Lipinski definition) is 1. The largest absolute Gasteiger partial charge is 0.444 e. The van der Waals surface area contributed by atoms with Gasteiger partial charge in [-0.05, 0) is 81.6 Å². The van der Waals surface area contributed by atoms with Crippen molar-refractivity contribution in [1.82, 2.24) is 20.0 Å². The molecule has 9 heteroatoms. The minimum absolute atomic E-state index is 0.118. The summed E-state index contributed by atoms with van der Waals surface area (Å²) in [4.78, 5) is 29.7. The van der Waals surface area contributed by atoms with Gasteiger partial charge in [-0.1, -0.05) is 22.0 Å². The first-order valence-corrected chi connectivity index (χ1v) is 13.6. The van der Waals surface area contributed by atoms with Crippen LogP contribution in [-0.2, 0) is 11.8 Å². The fourth-order valence-electron chi connectivity index (χ4n) is 4.48. The van der Waals surface area contributed by atoms with E-state index in [1.165, 1.54) is 0 Å². The maximum Gasteiger partial charge on any atom is 0.410 e. The van der Waals surface area contributed by atoms with Crippen molar-refractivity contribution < 1.29 is 14.3 Å². The van der Waals surface area contributed by atoms with Crippen molar-refractivity contribution in [2.24, 2.45) is 7.05 Å². The van der Waals surface area contributed by atoms with Crippen molar-refractivity contribution in [3.05, 3.63) is 70.0 Å². The van der Waals surface area contributed by atoms with E-state index in [2.05, 4.69) is 37.3 Å². The van der Waals surface area contributed by atoms with Crippen LogP contribution >= 0.6 is 15.9 Å². The maximum absolute atomic E-state index is 13.4. The minimum atomic E-state index is -0.513. The predicted octanol–water partition coefficient (Wildman–Crippen LogP) is 5.71. The van der Waals surface area contributed by atoms with Crippen molar-refractivity contribution in [3.63, 3.8) is 0 Å². The molecule has 0 bridgehead atoms. The van der Waals surface area contributed by atoms with E-state index < -0.39 is 5.60 Å². The molecule has 4 rings (SSSR count). The van der Waals surface area contributed by atoms with Gasteiger partial charge in [-0.2, -0.15) is 5.10 Å². The average Bonchev–Trinajstić information content (AvgIpc) is 3.29. The molecule has 0 unspecified atom stereocenters. The molecule has 1 aliphatic heterocycles. The lowest BCUT2D eigenvalue weighted by Crippen LogP contribution is -2.50. The molecule has 3 aromatic rings. The molecule has 8 nitrogen and oxygen atoms in total. The first-order valence-electron chi connectivity index (χ1n) is 12.8. The molecule has 1 N–H and O–H groups in total. The van der Waals surface area contributed by atoms with Crippen LogP contribution in [0.4, 0.5) is 10.5 Å². The zero-order valence-electron chi connectivity index (χ0n) is 22.9. The number of amides is 2. The highest BCUT2D eigenvalue weighted by Gasteiger charge is 2.26. The fourth-order valence-corrected chi connectivity index (χ4v) is 4.99. The van der Waals surface area contributed by atoms with E-state index in [4.69, 9.17) is 4.74 Å². The predicted molar refractivity (Wildman–Crippen MR) is 153 cm³/mol. The Labute approximate surface area is 233 Å². The number of nitrogens with one attached hydrogen (secondary N) is 1. The van der Waals surface area contributed by atoms with E-state index in [1.54, 1.807) is 9.58 Å². The van der Waals surface area contributed by atoms with E-state index in [0.717, 1.165) is 32.4 Å². The van der Waals surface area contributed by atoms with E-state index >= 15 is 0 Å². The quantitative estimate of drug-likeness (QED) is 0.417. The van der Waals surface area contributed by atoms with E-state index in [9.17, 15) is 9.59 Å². The average molecular weight is 583 g/mol. The summed E-state index contributed by atoms with van der Waals surface area (Å²) in [7, 11) is 1.89. The van der Waals surface area contributed by atoms with Gasteiger partial charge in [0.15, 0.2) is 0 Å². The Morgan fingerprint density at radius 3 is 2.39 bits per heavy atom. The third-order valence-corrected chi connectivity index (χ3v) is 7.03. The van der Waals surface area contributed by atoms with E-state index in [-0.39, 0.29) is 18.0 Å². The molecule has 2 heterocycles. The third-order valence-electron chi connectivity index (χ3n) is 6.57. The molecule has 2 amide bonds. The second-order valence-corrected chi connectivity index (χ2v) is 11.7. The van der Waals surface area contributed by atoms with Crippen molar-refractivity contribution >= 4 is 33.6 Å². The fraction of sp³-hybridized carbons (Fsp3) is 0.414. The number of piperazine rings is 1. The number of benzene rings is 2. The summed E-state index contributed by atoms with van der Waals surface area (Å²) in [6, 6.07) is 11.9. The number of aromatic nitrogens is 2.